The Hall–Kier alpha value is -4.52. The molecule has 168 valence electrons. The van der Waals surface area contributed by atoms with Gasteiger partial charge in [0.1, 0.15) is 5.75 Å². The quantitative estimate of drug-likeness (QED) is 0.351. The molecule has 3 aromatic carbocycles. The van der Waals surface area contributed by atoms with Crippen LogP contribution in [0.15, 0.2) is 89.7 Å². The Balaban J connectivity index is 1.44. The van der Waals surface area contributed by atoms with Crippen molar-refractivity contribution in [3.8, 4) is 17.1 Å². The molecule has 0 aliphatic carbocycles. The van der Waals surface area contributed by atoms with E-state index in [0.29, 0.717) is 41.7 Å². The highest BCUT2D eigenvalue weighted by Crippen LogP contribution is 2.30. The molecule has 34 heavy (non-hydrogen) atoms. The van der Waals surface area contributed by atoms with Crippen molar-refractivity contribution in [3.63, 3.8) is 0 Å². The Morgan fingerprint density at radius 3 is 2.71 bits per heavy atom. The van der Waals surface area contributed by atoms with Crippen LogP contribution in [0.4, 0.5) is 5.69 Å². The Labute approximate surface area is 196 Å². The molecule has 0 saturated heterocycles. The zero-order valence-electron chi connectivity index (χ0n) is 18.6. The standard InChI is InChI=1S/C27H22N4O3/c1-2-33-23-14-13-18-8-3-5-11-21(18)25(23)27(32)29-22-12-6-4-9-19(22)16-24-30-26(31-34-24)20-10-7-15-28-17-20/h3-15,17H,2,16H2,1H3,(H,29,32). The maximum Gasteiger partial charge on any atom is 0.260 e. The van der Waals surface area contributed by atoms with Gasteiger partial charge in [0.15, 0.2) is 0 Å². The molecule has 5 rings (SSSR count). The number of amides is 1. The molecule has 0 spiro atoms. The van der Waals surface area contributed by atoms with E-state index in [1.165, 1.54) is 0 Å². The van der Waals surface area contributed by atoms with Crippen LogP contribution in [0.25, 0.3) is 22.2 Å². The second-order valence-electron chi connectivity index (χ2n) is 7.63. The second-order valence-corrected chi connectivity index (χ2v) is 7.63. The molecule has 0 bridgehead atoms. The van der Waals surface area contributed by atoms with Gasteiger partial charge in [-0.1, -0.05) is 53.7 Å². The highest BCUT2D eigenvalue weighted by molar-refractivity contribution is 6.15. The van der Waals surface area contributed by atoms with Crippen molar-refractivity contribution in [2.75, 3.05) is 11.9 Å². The molecular formula is C27H22N4O3. The van der Waals surface area contributed by atoms with E-state index in [2.05, 4.69) is 20.4 Å². The molecule has 1 N–H and O–H groups in total. The van der Waals surface area contributed by atoms with Crippen molar-refractivity contribution in [1.29, 1.82) is 0 Å². The summed E-state index contributed by atoms with van der Waals surface area (Å²) in [5.41, 5.74) is 2.81. The SMILES string of the molecule is CCOc1ccc2ccccc2c1C(=O)Nc1ccccc1Cc1nc(-c2cccnc2)no1. The van der Waals surface area contributed by atoms with E-state index in [1.54, 1.807) is 12.4 Å². The van der Waals surface area contributed by atoms with Crippen molar-refractivity contribution < 1.29 is 14.1 Å². The molecule has 1 amide bonds. The van der Waals surface area contributed by atoms with Gasteiger partial charge >= 0.3 is 0 Å². The number of carbonyl (C=O) groups is 1. The highest BCUT2D eigenvalue weighted by Gasteiger charge is 2.19. The summed E-state index contributed by atoms with van der Waals surface area (Å²) in [4.78, 5) is 22.0. The van der Waals surface area contributed by atoms with Crippen molar-refractivity contribution in [2.45, 2.75) is 13.3 Å². The minimum absolute atomic E-state index is 0.241. The number of fused-ring (bicyclic) bond motifs is 1. The van der Waals surface area contributed by atoms with Crippen LogP contribution in [-0.2, 0) is 6.42 Å². The summed E-state index contributed by atoms with van der Waals surface area (Å²) in [6.45, 7) is 2.36. The van der Waals surface area contributed by atoms with E-state index in [9.17, 15) is 4.79 Å². The summed E-state index contributed by atoms with van der Waals surface area (Å²) in [5.74, 6) is 1.23. The molecule has 0 saturated carbocycles. The van der Waals surface area contributed by atoms with Crippen LogP contribution in [0.1, 0.15) is 28.7 Å². The van der Waals surface area contributed by atoms with Crippen LogP contribution in [0.3, 0.4) is 0 Å². The van der Waals surface area contributed by atoms with E-state index in [-0.39, 0.29) is 5.91 Å². The van der Waals surface area contributed by atoms with Gasteiger partial charge in [0, 0.05) is 23.6 Å². The molecule has 2 aromatic heterocycles. The number of nitrogens with one attached hydrogen (secondary N) is 1. The third kappa shape index (κ3) is 4.36. The first-order valence-electron chi connectivity index (χ1n) is 11.0. The van der Waals surface area contributed by atoms with Crippen LogP contribution < -0.4 is 10.1 Å². The molecule has 7 heteroatoms. The van der Waals surface area contributed by atoms with Crippen LogP contribution >= 0.6 is 0 Å². The molecule has 0 aliphatic rings. The first-order valence-corrected chi connectivity index (χ1v) is 11.0. The molecule has 0 fully saturated rings. The van der Waals surface area contributed by atoms with Gasteiger partial charge in [-0.25, -0.2) is 0 Å². The van der Waals surface area contributed by atoms with Gasteiger partial charge in [-0.15, -0.1) is 0 Å². The summed E-state index contributed by atoms with van der Waals surface area (Å²) in [5, 5.41) is 8.92. The first kappa shape index (κ1) is 21.3. The van der Waals surface area contributed by atoms with Gasteiger partial charge < -0.3 is 14.6 Å². The number of ether oxygens (including phenoxy) is 1. The Bertz CT molecular complexity index is 1450. The van der Waals surface area contributed by atoms with Crippen LogP contribution in [0.5, 0.6) is 5.75 Å². The van der Waals surface area contributed by atoms with Gasteiger partial charge in [0.05, 0.1) is 18.6 Å². The van der Waals surface area contributed by atoms with E-state index in [4.69, 9.17) is 9.26 Å². The van der Waals surface area contributed by atoms with E-state index in [0.717, 1.165) is 21.9 Å². The summed E-state index contributed by atoms with van der Waals surface area (Å²) in [6.07, 6.45) is 3.75. The normalized spacial score (nSPS) is 10.9. The Morgan fingerprint density at radius 1 is 1.00 bits per heavy atom. The van der Waals surface area contributed by atoms with Crippen LogP contribution in [0.2, 0.25) is 0 Å². The number of carbonyl (C=O) groups excluding carboxylic acids is 1. The molecule has 0 radical (unpaired) electrons. The molecule has 0 aliphatic heterocycles. The molecule has 2 heterocycles. The van der Waals surface area contributed by atoms with Crippen molar-refractivity contribution in [1.82, 2.24) is 15.1 Å². The minimum Gasteiger partial charge on any atom is -0.493 e. The molecule has 0 unspecified atom stereocenters. The third-order valence-corrected chi connectivity index (χ3v) is 5.41. The summed E-state index contributed by atoms with van der Waals surface area (Å²) in [7, 11) is 0. The van der Waals surface area contributed by atoms with Crippen molar-refractivity contribution >= 4 is 22.4 Å². The number of hydrogen-bond acceptors (Lipinski definition) is 6. The number of para-hydroxylation sites is 1. The fraction of sp³-hybridized carbons (Fsp3) is 0.111. The lowest BCUT2D eigenvalue weighted by Gasteiger charge is -2.15. The number of nitrogens with zero attached hydrogens (tertiary/aromatic N) is 3. The van der Waals surface area contributed by atoms with Crippen molar-refractivity contribution in [3.05, 3.63) is 102 Å². The Morgan fingerprint density at radius 2 is 1.85 bits per heavy atom. The molecule has 5 aromatic rings. The zero-order valence-corrected chi connectivity index (χ0v) is 18.6. The number of anilines is 1. The zero-order chi connectivity index (χ0) is 23.3. The van der Waals surface area contributed by atoms with Crippen molar-refractivity contribution in [2.24, 2.45) is 0 Å². The minimum atomic E-state index is -0.241. The molecule has 7 nitrogen and oxygen atoms in total. The number of aromatic nitrogens is 3. The molecule has 0 atom stereocenters. The number of benzene rings is 3. The second kappa shape index (κ2) is 9.54. The van der Waals surface area contributed by atoms with E-state index >= 15 is 0 Å². The van der Waals surface area contributed by atoms with Crippen LogP contribution in [0, 0.1) is 0 Å². The smallest absolute Gasteiger partial charge is 0.260 e. The Kier molecular flexibility index (Phi) is 5.99. The van der Waals surface area contributed by atoms with Gasteiger partial charge in [0.2, 0.25) is 11.7 Å². The number of rotatable bonds is 7. The monoisotopic (exact) mass is 450 g/mol. The summed E-state index contributed by atoms with van der Waals surface area (Å²) >= 11 is 0. The lowest BCUT2D eigenvalue weighted by atomic mass is 10.0. The van der Waals surface area contributed by atoms with Crippen LogP contribution in [-0.4, -0.2) is 27.6 Å². The summed E-state index contributed by atoms with van der Waals surface area (Å²) < 4.78 is 11.2. The topological polar surface area (TPSA) is 90.1 Å². The van der Waals surface area contributed by atoms with Gasteiger partial charge in [0.25, 0.3) is 5.91 Å². The largest absolute Gasteiger partial charge is 0.493 e. The first-order chi connectivity index (χ1) is 16.7. The number of hydrogen-bond donors (Lipinski definition) is 1. The van der Waals surface area contributed by atoms with E-state index in [1.807, 2.05) is 79.7 Å². The number of pyridine rings is 1. The summed E-state index contributed by atoms with van der Waals surface area (Å²) in [6, 6.07) is 22.8. The maximum atomic E-state index is 13.5. The predicted molar refractivity (Wildman–Crippen MR) is 130 cm³/mol. The molecular weight excluding hydrogens is 428 g/mol. The maximum absolute atomic E-state index is 13.5. The average molecular weight is 450 g/mol. The van der Waals surface area contributed by atoms with Gasteiger partial charge in [-0.05, 0) is 47.5 Å². The third-order valence-electron chi connectivity index (χ3n) is 5.41. The highest BCUT2D eigenvalue weighted by atomic mass is 16.5. The predicted octanol–water partition coefficient (Wildman–Crippen LogP) is 5.53. The van der Waals surface area contributed by atoms with E-state index < -0.39 is 0 Å². The fourth-order valence-corrected chi connectivity index (χ4v) is 3.84. The fourth-order valence-electron chi connectivity index (χ4n) is 3.84. The lowest BCUT2D eigenvalue weighted by Crippen LogP contribution is -2.15. The van der Waals surface area contributed by atoms with Gasteiger partial charge in [-0.2, -0.15) is 4.98 Å². The average Bonchev–Trinajstić information content (AvgIpc) is 3.34. The van der Waals surface area contributed by atoms with Gasteiger partial charge in [-0.3, -0.25) is 9.78 Å². The lowest BCUT2D eigenvalue weighted by molar-refractivity contribution is 0.102.